The van der Waals surface area contributed by atoms with E-state index in [4.69, 9.17) is 56.8 Å². The van der Waals surface area contributed by atoms with Gasteiger partial charge in [0.25, 0.3) is 23.7 Å². The first-order valence-corrected chi connectivity index (χ1v) is 49.1. The molecule has 0 amide bonds. The number of rotatable bonds is 20. The van der Waals surface area contributed by atoms with Gasteiger partial charge in [0, 0.05) is 80.1 Å². The number of halogens is 8. The van der Waals surface area contributed by atoms with E-state index in [1.807, 2.05) is 214 Å². The van der Waals surface area contributed by atoms with Crippen LogP contribution in [-0.4, -0.2) is 222 Å². The molecular weight excluding hydrogens is 1840 g/mol. The van der Waals surface area contributed by atoms with Crippen LogP contribution in [0.4, 0.5) is 35.1 Å². The lowest BCUT2D eigenvalue weighted by atomic mass is 10.3. The third-order valence-electron chi connectivity index (χ3n) is 20.7. The fourth-order valence-corrected chi connectivity index (χ4v) is 23.1. The third kappa shape index (κ3) is 31.7. The Morgan fingerprint density at radius 2 is 0.368 bits per heavy atom. The number of morpholine rings is 4. The van der Waals surface area contributed by atoms with Gasteiger partial charge in [-0.05, 0) is 194 Å². The first-order valence-electron chi connectivity index (χ1n) is 44.2. The summed E-state index contributed by atoms with van der Waals surface area (Å²) in [6.07, 6.45) is 0. The van der Waals surface area contributed by atoms with Crippen molar-refractivity contribution in [3.8, 4) is 69.0 Å². The zero-order valence-electron chi connectivity index (χ0n) is 75.8. The molecule has 12 aromatic carbocycles. The molecule has 0 radical (unpaired) electrons. The van der Waals surface area contributed by atoms with Crippen molar-refractivity contribution in [3.63, 3.8) is 0 Å². The third-order valence-corrected chi connectivity index (χ3v) is 29.8. The largest absolute Gasteiger partial charge is 0.508 e. The maximum atomic E-state index is 12.3. The van der Waals surface area contributed by atoms with Crippen molar-refractivity contribution >= 4 is 43.6 Å². The summed E-state index contributed by atoms with van der Waals surface area (Å²) in [7, 11) is -0.809. The summed E-state index contributed by atoms with van der Waals surface area (Å²) in [5, 5.41) is 38.1. The lowest BCUT2D eigenvalue weighted by molar-refractivity contribution is -0.100. The molecule has 0 bridgehead atoms. The zero-order chi connectivity index (χ0) is 95.9. The number of hydrogen-bond donors (Lipinski definition) is 4. The van der Waals surface area contributed by atoms with E-state index in [-0.39, 0.29) is 93.5 Å². The summed E-state index contributed by atoms with van der Waals surface area (Å²) < 4.78 is 162. The predicted molar refractivity (Wildman–Crippen MR) is 508 cm³/mol. The van der Waals surface area contributed by atoms with E-state index in [9.17, 15) is 55.5 Å². The lowest BCUT2D eigenvalue weighted by Crippen LogP contribution is -2.38. The molecule has 32 heteroatoms. The topological polar surface area (TPSA) is 205 Å². The first-order chi connectivity index (χ1) is 65.6. The van der Waals surface area contributed by atoms with Crippen molar-refractivity contribution in [1.29, 1.82) is 0 Å². The molecule has 8 aliphatic heterocycles. The molecule has 4 N–H and O–H groups in total. The van der Waals surface area contributed by atoms with E-state index in [1.54, 1.807) is 48.5 Å². The van der Waals surface area contributed by atoms with Gasteiger partial charge >= 0.3 is 0 Å². The van der Waals surface area contributed by atoms with Crippen LogP contribution in [0.5, 0.6) is 69.0 Å². The Bertz CT molecular complexity index is 4780. The highest BCUT2D eigenvalue weighted by atomic mass is 32.2. The van der Waals surface area contributed by atoms with E-state index in [1.165, 1.54) is 58.7 Å². The van der Waals surface area contributed by atoms with Crippen molar-refractivity contribution in [3.05, 3.63) is 291 Å². The van der Waals surface area contributed by atoms with Crippen molar-refractivity contribution in [2.75, 3.05) is 159 Å². The SMILES string of the molecule is CC(F)(F)COCN1CCOCC1.CC(F)(F)COCN1CCOCC1.CC(F)(F)COCN1CCOCC1.CC(F)(F)COCN1CCOCC1.Oc1ccc([S+]2c3ccccc3Oc3ccccc32)cc1.Oc1ccc([S+]2c3ccccc3Oc3ccccc32)cc1.Oc1ccc([S+]2c3ccccc3Oc3ccccc32)cc1.Oc1ccc([S+]2c3ccccc3Oc3ccccc32)cc1. The molecule has 0 unspecified atom stereocenters. The van der Waals surface area contributed by atoms with Crippen molar-refractivity contribution in [2.24, 2.45) is 0 Å². The Balaban J connectivity index is 0.000000133. The van der Waals surface area contributed by atoms with Gasteiger partial charge in [0.1, 0.15) is 93.0 Å². The molecule has 8 heterocycles. The van der Waals surface area contributed by atoms with E-state index in [0.29, 0.717) is 52.9 Å². The molecule has 0 atom stereocenters. The lowest BCUT2D eigenvalue weighted by Gasteiger charge is -2.26. The maximum Gasteiger partial charge on any atom is 0.268 e. The number of aromatic hydroxyl groups is 4. The summed E-state index contributed by atoms with van der Waals surface area (Å²) >= 11 is 0. The van der Waals surface area contributed by atoms with Crippen molar-refractivity contribution in [2.45, 2.75) is 110 Å². The molecule has 4 fully saturated rings. The second-order valence-corrected chi connectivity index (χ2v) is 40.1. The van der Waals surface area contributed by atoms with Crippen LogP contribution in [0, 0.1) is 0 Å². The quantitative estimate of drug-likeness (QED) is 0.0414. The normalized spacial score (nSPS) is 16.0. The summed E-state index contributed by atoms with van der Waals surface area (Å²) in [4.78, 5) is 22.0. The number of alkyl halides is 8. The van der Waals surface area contributed by atoms with Gasteiger partial charge in [0.05, 0.1) is 79.8 Å². The van der Waals surface area contributed by atoms with Crippen LogP contribution in [0.15, 0.2) is 350 Å². The second-order valence-electron chi connectivity index (χ2n) is 32.3. The highest BCUT2D eigenvalue weighted by Gasteiger charge is 2.44. The van der Waals surface area contributed by atoms with Crippen molar-refractivity contribution in [1.82, 2.24) is 19.6 Å². The minimum Gasteiger partial charge on any atom is -0.508 e. The maximum absolute atomic E-state index is 12.3. The molecular formula is C104H112F8N4O16S4+4. The average Bonchev–Trinajstić information content (AvgIpc) is 0.777. The number of nitrogens with zero attached hydrogens (tertiary/aromatic N) is 4. The number of hydrogen-bond acceptors (Lipinski definition) is 20. The van der Waals surface area contributed by atoms with Gasteiger partial charge in [-0.25, -0.2) is 35.1 Å². The fourth-order valence-electron chi connectivity index (χ4n) is 14.3. The molecule has 136 heavy (non-hydrogen) atoms. The van der Waals surface area contributed by atoms with Gasteiger partial charge in [0.15, 0.2) is 65.6 Å². The zero-order valence-corrected chi connectivity index (χ0v) is 79.1. The number of ether oxygens (including phenoxy) is 12. The van der Waals surface area contributed by atoms with Gasteiger partial charge in [0.2, 0.25) is 39.2 Å². The first kappa shape index (κ1) is 103. The van der Waals surface area contributed by atoms with Crippen molar-refractivity contribution < 1.29 is 112 Å². The predicted octanol–water partition coefficient (Wildman–Crippen LogP) is 22.2. The highest BCUT2D eigenvalue weighted by molar-refractivity contribution is 7.98. The van der Waals surface area contributed by atoms with E-state index < -0.39 is 50.1 Å². The summed E-state index contributed by atoms with van der Waals surface area (Å²) in [6.45, 7) is 13.8. The van der Waals surface area contributed by atoms with Gasteiger partial charge in [-0.15, -0.1) is 0 Å². The second kappa shape index (κ2) is 50.6. The van der Waals surface area contributed by atoms with Gasteiger partial charge in [-0.3, -0.25) is 19.6 Å². The van der Waals surface area contributed by atoms with Crippen LogP contribution in [-0.2, 0) is 81.5 Å². The molecule has 4 saturated heterocycles. The van der Waals surface area contributed by atoms with E-state index in [2.05, 4.69) is 48.5 Å². The number of benzene rings is 12. The number of phenolic OH excluding ortho intramolecular Hbond substituents is 4. The molecule has 20 rings (SSSR count). The van der Waals surface area contributed by atoms with Crippen LogP contribution >= 0.6 is 0 Å². The Hall–Kier alpha value is -10.6. The molecule has 12 aromatic rings. The number of para-hydroxylation sites is 8. The average molecular weight is 1950 g/mol. The number of phenols is 4. The molecule has 20 nitrogen and oxygen atoms in total. The number of fused-ring (bicyclic) bond motifs is 8. The van der Waals surface area contributed by atoms with Gasteiger partial charge in [-0.1, -0.05) is 97.1 Å². The minimum absolute atomic E-state index is 0.202. The smallest absolute Gasteiger partial charge is 0.268 e. The minimum atomic E-state index is -2.73. The van der Waals surface area contributed by atoms with E-state index in [0.717, 1.165) is 126 Å². The Kier molecular flexibility index (Phi) is 38.3. The fraction of sp³-hybridized carbons (Fsp3) is 0.308. The van der Waals surface area contributed by atoms with Gasteiger partial charge < -0.3 is 77.3 Å². The molecule has 720 valence electrons. The monoisotopic (exact) mass is 1950 g/mol. The van der Waals surface area contributed by atoms with Crippen LogP contribution in [0.3, 0.4) is 0 Å². The standard InChI is InChI=1S/4C18H12O2S.4C8H15F2NO2/c4*19-13-9-11-14(12-10-13)21-17-7-3-1-5-15(17)20-16-6-2-4-8-18(16)21;4*1-8(9,10)6-13-7-11-2-4-12-5-3-11/h4*1-12H;4*2-7H2,1H3/p+4. The van der Waals surface area contributed by atoms with Crippen LogP contribution in [0.1, 0.15) is 27.7 Å². The highest BCUT2D eigenvalue weighted by Crippen LogP contribution is 2.52. The molecule has 0 spiro atoms. The van der Waals surface area contributed by atoms with E-state index >= 15 is 0 Å². The molecule has 0 saturated carbocycles. The van der Waals surface area contributed by atoms with Crippen LogP contribution in [0.2, 0.25) is 0 Å². The summed E-state index contributed by atoms with van der Waals surface area (Å²) in [6, 6.07) is 95.0. The Morgan fingerprint density at radius 1 is 0.228 bits per heavy atom. The molecule has 0 aromatic heterocycles. The van der Waals surface area contributed by atoms with Crippen LogP contribution < -0.4 is 18.9 Å². The van der Waals surface area contributed by atoms with Crippen LogP contribution in [0.25, 0.3) is 0 Å². The summed E-state index contributed by atoms with van der Waals surface area (Å²) in [5.74, 6) is -2.48. The Morgan fingerprint density at radius 3 is 0.507 bits per heavy atom. The Labute approximate surface area is 799 Å². The molecule has 8 aliphatic rings. The summed E-state index contributed by atoms with van der Waals surface area (Å²) in [5.41, 5.74) is 0. The molecule has 0 aliphatic carbocycles. The van der Waals surface area contributed by atoms with Gasteiger partial charge in [-0.2, -0.15) is 0 Å².